The Kier molecular flexibility index (Phi) is 9.32. The van der Waals surface area contributed by atoms with Gasteiger partial charge in [0.1, 0.15) is 5.82 Å². The number of hydrogen-bond acceptors (Lipinski definition) is 7. The summed E-state index contributed by atoms with van der Waals surface area (Å²) < 4.78 is 53.5. The van der Waals surface area contributed by atoms with E-state index in [-0.39, 0.29) is 28.8 Å². The lowest BCUT2D eigenvalue weighted by Gasteiger charge is -2.31. The van der Waals surface area contributed by atoms with E-state index in [0.29, 0.717) is 50.7 Å². The molecule has 2 saturated heterocycles. The number of imidazole rings is 1. The Labute approximate surface area is 230 Å². The summed E-state index contributed by atoms with van der Waals surface area (Å²) in [5.74, 6) is -0.536. The van der Waals surface area contributed by atoms with E-state index < -0.39 is 15.7 Å². The summed E-state index contributed by atoms with van der Waals surface area (Å²) in [5, 5.41) is -0.0289. The second-order valence-electron chi connectivity index (χ2n) is 10.9. The molecule has 5 rings (SSSR count). The van der Waals surface area contributed by atoms with E-state index in [2.05, 4.69) is 9.88 Å². The van der Waals surface area contributed by atoms with Crippen molar-refractivity contribution in [3.8, 4) is 0 Å². The molecule has 1 aromatic heterocycles. The average Bonchev–Trinajstić information content (AvgIpc) is 3.72. The zero-order chi connectivity index (χ0) is 27.2. The lowest BCUT2D eigenvalue weighted by atomic mass is 10.1. The van der Waals surface area contributed by atoms with Crippen LogP contribution in [0.25, 0.3) is 0 Å². The van der Waals surface area contributed by atoms with E-state index in [0.717, 1.165) is 58.2 Å². The number of ether oxygens (including phenoxy) is 2. The smallest absolute Gasteiger partial charge is 0.228 e. The third kappa shape index (κ3) is 7.25. The van der Waals surface area contributed by atoms with Gasteiger partial charge >= 0.3 is 0 Å². The maximum atomic E-state index is 13.6. The molecule has 1 saturated carbocycles. The number of carbonyl (C=O) groups is 1. The quantitative estimate of drug-likeness (QED) is 0.416. The van der Waals surface area contributed by atoms with Crippen LogP contribution in [0.4, 0.5) is 4.39 Å². The van der Waals surface area contributed by atoms with Crippen LogP contribution in [0.3, 0.4) is 0 Å². The molecular weight excluding hydrogens is 523 g/mol. The van der Waals surface area contributed by atoms with E-state index in [1.54, 1.807) is 10.8 Å². The SMILES string of the molecule is O=C(C1CCCC1)N(CCN1CCOCC1)Cc1cnc(S(=O)(=O)Cc2ccc(F)cc2)n1CC1CCCO1. The maximum absolute atomic E-state index is 13.6. The van der Waals surface area contributed by atoms with Crippen LogP contribution in [0.5, 0.6) is 0 Å². The van der Waals surface area contributed by atoms with Gasteiger partial charge in [0, 0.05) is 38.7 Å². The second kappa shape index (κ2) is 12.9. The van der Waals surface area contributed by atoms with Gasteiger partial charge < -0.3 is 18.9 Å². The molecule has 11 heteroatoms. The zero-order valence-electron chi connectivity index (χ0n) is 22.5. The molecule has 1 amide bonds. The van der Waals surface area contributed by atoms with Crippen molar-refractivity contribution >= 4 is 15.7 Å². The molecule has 1 unspecified atom stereocenters. The third-order valence-electron chi connectivity index (χ3n) is 8.02. The van der Waals surface area contributed by atoms with Crippen molar-refractivity contribution in [3.63, 3.8) is 0 Å². The molecule has 0 N–H and O–H groups in total. The molecule has 3 aliphatic rings. The van der Waals surface area contributed by atoms with E-state index in [1.807, 2.05) is 4.90 Å². The highest BCUT2D eigenvalue weighted by molar-refractivity contribution is 7.90. The molecule has 9 nitrogen and oxygen atoms in total. The number of halogens is 1. The lowest BCUT2D eigenvalue weighted by molar-refractivity contribution is -0.136. The van der Waals surface area contributed by atoms with Crippen LogP contribution in [-0.2, 0) is 42.9 Å². The van der Waals surface area contributed by atoms with Gasteiger partial charge in [-0.3, -0.25) is 9.69 Å². The number of sulfone groups is 1. The summed E-state index contributed by atoms with van der Waals surface area (Å²) in [6.07, 6.45) is 7.20. The van der Waals surface area contributed by atoms with Crippen LogP contribution in [-0.4, -0.2) is 85.8 Å². The maximum Gasteiger partial charge on any atom is 0.228 e. The molecule has 0 bridgehead atoms. The fraction of sp³-hybridized carbons (Fsp3) is 0.643. The molecule has 1 atom stereocenters. The normalized spacial score (nSPS) is 21.0. The highest BCUT2D eigenvalue weighted by atomic mass is 32.2. The predicted octanol–water partition coefficient (Wildman–Crippen LogP) is 3.03. The molecule has 0 spiro atoms. The molecule has 1 aromatic carbocycles. The number of hydrogen-bond donors (Lipinski definition) is 0. The van der Waals surface area contributed by atoms with Gasteiger partial charge in [-0.25, -0.2) is 17.8 Å². The highest BCUT2D eigenvalue weighted by Crippen LogP contribution is 2.28. The Morgan fingerprint density at radius 1 is 1.05 bits per heavy atom. The predicted molar refractivity (Wildman–Crippen MR) is 143 cm³/mol. The van der Waals surface area contributed by atoms with E-state index in [9.17, 15) is 17.6 Å². The molecule has 3 fully saturated rings. The minimum absolute atomic E-state index is 0.0194. The molecule has 3 heterocycles. The van der Waals surface area contributed by atoms with Gasteiger partial charge in [0.2, 0.25) is 20.9 Å². The molecule has 1 aliphatic carbocycles. The van der Waals surface area contributed by atoms with Crippen LogP contribution in [0.15, 0.2) is 35.6 Å². The minimum Gasteiger partial charge on any atom is -0.379 e. The van der Waals surface area contributed by atoms with E-state index >= 15 is 0 Å². The van der Waals surface area contributed by atoms with Gasteiger partial charge in [0.25, 0.3) is 0 Å². The molecule has 214 valence electrons. The summed E-state index contributed by atoms with van der Waals surface area (Å²) in [6, 6.07) is 5.48. The van der Waals surface area contributed by atoms with Crippen molar-refractivity contribution in [2.45, 2.75) is 68.6 Å². The summed E-state index contributed by atoms with van der Waals surface area (Å²) in [7, 11) is -3.83. The fourth-order valence-electron chi connectivity index (χ4n) is 5.80. The summed E-state index contributed by atoms with van der Waals surface area (Å²) in [5.41, 5.74) is 1.18. The van der Waals surface area contributed by atoms with Crippen molar-refractivity contribution in [2.24, 2.45) is 5.92 Å². The van der Waals surface area contributed by atoms with Crippen LogP contribution in [0, 0.1) is 11.7 Å². The lowest BCUT2D eigenvalue weighted by Crippen LogP contribution is -2.44. The third-order valence-corrected chi connectivity index (χ3v) is 9.61. The summed E-state index contributed by atoms with van der Waals surface area (Å²) >= 11 is 0. The number of amides is 1. The van der Waals surface area contributed by atoms with Crippen molar-refractivity contribution in [1.29, 1.82) is 0 Å². The minimum atomic E-state index is -3.83. The van der Waals surface area contributed by atoms with Crippen molar-refractivity contribution in [1.82, 2.24) is 19.4 Å². The number of nitrogens with zero attached hydrogens (tertiary/aromatic N) is 4. The van der Waals surface area contributed by atoms with Gasteiger partial charge in [-0.05, 0) is 43.4 Å². The fourth-order valence-corrected chi connectivity index (χ4v) is 7.30. The topological polar surface area (TPSA) is 94.0 Å². The van der Waals surface area contributed by atoms with Crippen LogP contribution in [0.1, 0.15) is 49.8 Å². The largest absolute Gasteiger partial charge is 0.379 e. The Hall–Kier alpha value is -2.34. The number of aromatic nitrogens is 2. The van der Waals surface area contributed by atoms with Crippen LogP contribution < -0.4 is 0 Å². The first kappa shape index (κ1) is 28.2. The van der Waals surface area contributed by atoms with Gasteiger partial charge in [-0.15, -0.1) is 0 Å². The first-order valence-electron chi connectivity index (χ1n) is 14.1. The summed E-state index contributed by atoms with van der Waals surface area (Å²) in [6.45, 7) is 5.70. The summed E-state index contributed by atoms with van der Waals surface area (Å²) in [4.78, 5) is 22.2. The number of carbonyl (C=O) groups excluding carboxylic acids is 1. The monoisotopic (exact) mass is 562 g/mol. The molecule has 2 aliphatic heterocycles. The van der Waals surface area contributed by atoms with Gasteiger partial charge in [-0.2, -0.15) is 0 Å². The Morgan fingerprint density at radius 3 is 2.49 bits per heavy atom. The van der Waals surface area contributed by atoms with Crippen LogP contribution >= 0.6 is 0 Å². The number of morpholine rings is 1. The van der Waals surface area contributed by atoms with Crippen molar-refractivity contribution < 1.29 is 27.1 Å². The molecule has 0 radical (unpaired) electrons. The van der Waals surface area contributed by atoms with Gasteiger partial charge in [0.05, 0.1) is 50.1 Å². The van der Waals surface area contributed by atoms with Gasteiger partial charge in [-0.1, -0.05) is 25.0 Å². The van der Waals surface area contributed by atoms with E-state index in [4.69, 9.17) is 9.47 Å². The Morgan fingerprint density at radius 2 is 1.79 bits per heavy atom. The van der Waals surface area contributed by atoms with Gasteiger partial charge in [0.15, 0.2) is 0 Å². The number of rotatable bonds is 11. The first-order chi connectivity index (χ1) is 18.9. The first-order valence-corrected chi connectivity index (χ1v) is 15.8. The standard InChI is InChI=1S/C28H39FN4O5S/c29-24-9-7-22(8-10-24)21-39(35,36)28-30-18-25(33(28)20-26-6-3-15-38-26)19-32(27(34)23-4-1-2-5-23)12-11-31-13-16-37-17-14-31/h7-10,18,23,26H,1-6,11-17,19-21H2. The average molecular weight is 563 g/mol. The van der Waals surface area contributed by atoms with Crippen molar-refractivity contribution in [2.75, 3.05) is 46.0 Å². The molecule has 2 aromatic rings. The zero-order valence-corrected chi connectivity index (χ0v) is 23.3. The number of benzene rings is 1. The molecule has 39 heavy (non-hydrogen) atoms. The van der Waals surface area contributed by atoms with E-state index in [1.165, 1.54) is 24.3 Å². The molecular formula is C28H39FN4O5S. The van der Waals surface area contributed by atoms with Crippen molar-refractivity contribution in [3.05, 3.63) is 47.5 Å². The Balaban J connectivity index is 1.40. The Bertz CT molecular complexity index is 1200. The van der Waals surface area contributed by atoms with Crippen LogP contribution in [0.2, 0.25) is 0 Å². The highest BCUT2D eigenvalue weighted by Gasteiger charge is 2.31. The second-order valence-corrected chi connectivity index (χ2v) is 12.7.